The van der Waals surface area contributed by atoms with Gasteiger partial charge in [0.15, 0.2) is 5.16 Å². The first-order chi connectivity index (χ1) is 8.69. The molecule has 1 aromatic carbocycles. The summed E-state index contributed by atoms with van der Waals surface area (Å²) in [6.07, 6.45) is 3.24. The number of hydrogen-bond acceptors (Lipinski definition) is 4. The Bertz CT molecular complexity index is 501. The van der Waals surface area contributed by atoms with Crippen LogP contribution in [0.15, 0.2) is 34.6 Å². The highest BCUT2D eigenvalue weighted by Crippen LogP contribution is 2.29. The zero-order valence-corrected chi connectivity index (χ0v) is 11.6. The summed E-state index contributed by atoms with van der Waals surface area (Å²) in [4.78, 5) is 5.09. The Hall–Kier alpha value is -1.04. The summed E-state index contributed by atoms with van der Waals surface area (Å²) in [5.41, 5.74) is 7.03. The number of nitrogens with zero attached hydrogens (tertiary/aromatic N) is 2. The number of H-pyrrole nitrogens is 1. The zero-order chi connectivity index (χ0) is 13.0. The van der Waals surface area contributed by atoms with E-state index in [1.165, 1.54) is 18.1 Å². The van der Waals surface area contributed by atoms with E-state index in [1.54, 1.807) is 0 Å². The van der Waals surface area contributed by atoms with E-state index in [4.69, 9.17) is 17.3 Å². The monoisotopic (exact) mass is 282 g/mol. The lowest BCUT2D eigenvalue weighted by Crippen LogP contribution is -2.21. The molecule has 0 saturated heterocycles. The fraction of sp³-hybridized carbons (Fsp3) is 0.333. The van der Waals surface area contributed by atoms with Gasteiger partial charge in [-0.15, -0.1) is 0 Å². The van der Waals surface area contributed by atoms with Crippen LogP contribution in [0.3, 0.4) is 0 Å². The number of nitrogens with one attached hydrogen (secondary N) is 1. The molecule has 3 N–H and O–H groups in total. The molecule has 1 heterocycles. The SMILES string of the molecule is CCC(N)Cc1ccc(Sc2ncn[nH]2)cc1Cl. The van der Waals surface area contributed by atoms with Gasteiger partial charge in [0.05, 0.1) is 0 Å². The molecule has 1 atom stereocenters. The van der Waals surface area contributed by atoms with Crippen LogP contribution in [-0.4, -0.2) is 21.2 Å². The third-order valence-corrected chi connectivity index (χ3v) is 3.87. The minimum Gasteiger partial charge on any atom is -0.327 e. The Morgan fingerprint density at radius 2 is 2.33 bits per heavy atom. The molecule has 0 bridgehead atoms. The summed E-state index contributed by atoms with van der Waals surface area (Å²) in [6, 6.07) is 6.15. The van der Waals surface area contributed by atoms with Crippen molar-refractivity contribution in [2.75, 3.05) is 0 Å². The standard InChI is InChI=1S/C12H15ClN4S/c1-2-9(14)5-8-3-4-10(6-11(8)13)18-12-15-7-16-17-12/h3-4,6-7,9H,2,5,14H2,1H3,(H,15,16,17). The number of benzene rings is 1. The van der Waals surface area contributed by atoms with Crippen LogP contribution in [0.5, 0.6) is 0 Å². The second-order valence-electron chi connectivity index (χ2n) is 4.02. The molecule has 1 aromatic heterocycles. The van der Waals surface area contributed by atoms with Crippen LogP contribution < -0.4 is 5.73 Å². The molecule has 0 radical (unpaired) electrons. The third-order valence-electron chi connectivity index (χ3n) is 2.64. The number of nitrogens with two attached hydrogens (primary N) is 1. The van der Waals surface area contributed by atoms with Gasteiger partial charge in [-0.3, -0.25) is 5.10 Å². The maximum Gasteiger partial charge on any atom is 0.188 e. The Morgan fingerprint density at radius 1 is 1.50 bits per heavy atom. The fourth-order valence-electron chi connectivity index (χ4n) is 1.54. The summed E-state index contributed by atoms with van der Waals surface area (Å²) < 4.78 is 0. The average Bonchev–Trinajstić information content (AvgIpc) is 2.85. The molecule has 18 heavy (non-hydrogen) atoms. The van der Waals surface area contributed by atoms with Gasteiger partial charge >= 0.3 is 0 Å². The van der Waals surface area contributed by atoms with Crippen LogP contribution in [0.2, 0.25) is 5.02 Å². The van der Waals surface area contributed by atoms with E-state index >= 15 is 0 Å². The molecule has 0 saturated carbocycles. The van der Waals surface area contributed by atoms with Gasteiger partial charge < -0.3 is 5.73 Å². The van der Waals surface area contributed by atoms with E-state index in [9.17, 15) is 0 Å². The maximum absolute atomic E-state index is 6.26. The lowest BCUT2D eigenvalue weighted by atomic mass is 10.1. The van der Waals surface area contributed by atoms with Gasteiger partial charge in [-0.05, 0) is 30.5 Å². The number of hydrogen-bond donors (Lipinski definition) is 2. The van der Waals surface area contributed by atoms with Crippen LogP contribution in [0.25, 0.3) is 0 Å². The molecule has 0 spiro atoms. The van der Waals surface area contributed by atoms with Crippen molar-refractivity contribution >= 4 is 23.4 Å². The topological polar surface area (TPSA) is 67.6 Å². The van der Waals surface area contributed by atoms with Crippen LogP contribution >= 0.6 is 23.4 Å². The van der Waals surface area contributed by atoms with Crippen LogP contribution in [0.4, 0.5) is 0 Å². The van der Waals surface area contributed by atoms with Crippen LogP contribution in [-0.2, 0) is 6.42 Å². The molecule has 96 valence electrons. The Morgan fingerprint density at radius 3 is 2.94 bits per heavy atom. The van der Waals surface area contributed by atoms with E-state index in [0.717, 1.165) is 33.5 Å². The van der Waals surface area contributed by atoms with Crippen molar-refractivity contribution < 1.29 is 0 Å². The number of rotatable bonds is 5. The first-order valence-corrected chi connectivity index (χ1v) is 6.95. The van der Waals surface area contributed by atoms with Gasteiger partial charge in [0.25, 0.3) is 0 Å². The van der Waals surface area contributed by atoms with Gasteiger partial charge in [0.2, 0.25) is 0 Å². The maximum atomic E-state index is 6.26. The Balaban J connectivity index is 2.09. The summed E-state index contributed by atoms with van der Waals surface area (Å²) in [5, 5.41) is 8.11. The second kappa shape index (κ2) is 6.22. The third kappa shape index (κ3) is 3.48. The van der Waals surface area contributed by atoms with Gasteiger partial charge in [-0.2, -0.15) is 5.10 Å². The molecule has 6 heteroatoms. The summed E-state index contributed by atoms with van der Waals surface area (Å²) in [5.74, 6) is 0. The van der Waals surface area contributed by atoms with E-state index in [2.05, 4.69) is 22.1 Å². The first kappa shape index (κ1) is 13.4. The van der Waals surface area contributed by atoms with Crippen LogP contribution in [0, 0.1) is 0 Å². The van der Waals surface area contributed by atoms with E-state index in [1.807, 2.05) is 18.2 Å². The Labute approximate surface area is 115 Å². The minimum absolute atomic E-state index is 0.162. The molecule has 0 fully saturated rings. The highest BCUT2D eigenvalue weighted by atomic mass is 35.5. The molecule has 4 nitrogen and oxygen atoms in total. The summed E-state index contributed by atoms with van der Waals surface area (Å²) in [7, 11) is 0. The predicted octanol–water partition coefficient (Wildman–Crippen LogP) is 2.89. The van der Waals surface area contributed by atoms with E-state index < -0.39 is 0 Å². The number of halogens is 1. The van der Waals surface area contributed by atoms with Crippen molar-refractivity contribution in [2.24, 2.45) is 5.73 Å². The molecule has 2 aromatic rings. The lowest BCUT2D eigenvalue weighted by Gasteiger charge is -2.11. The predicted molar refractivity (Wildman–Crippen MR) is 73.9 cm³/mol. The van der Waals surface area contributed by atoms with Crippen molar-refractivity contribution in [1.82, 2.24) is 15.2 Å². The van der Waals surface area contributed by atoms with E-state index in [0.29, 0.717) is 0 Å². The normalized spacial score (nSPS) is 12.6. The molecule has 2 rings (SSSR count). The second-order valence-corrected chi connectivity index (χ2v) is 5.49. The molecule has 1 unspecified atom stereocenters. The number of aromatic nitrogens is 3. The van der Waals surface area contributed by atoms with Crippen molar-refractivity contribution in [3.8, 4) is 0 Å². The molecule has 0 amide bonds. The highest BCUT2D eigenvalue weighted by molar-refractivity contribution is 7.99. The largest absolute Gasteiger partial charge is 0.327 e. The minimum atomic E-state index is 0.162. The molecular weight excluding hydrogens is 268 g/mol. The van der Waals surface area contributed by atoms with Gasteiger partial charge in [0, 0.05) is 16.0 Å². The molecule has 0 aliphatic carbocycles. The van der Waals surface area contributed by atoms with Crippen molar-refractivity contribution in [3.63, 3.8) is 0 Å². The number of aromatic amines is 1. The van der Waals surface area contributed by atoms with Crippen molar-refractivity contribution in [1.29, 1.82) is 0 Å². The molecule has 0 aliphatic heterocycles. The van der Waals surface area contributed by atoms with Crippen molar-refractivity contribution in [3.05, 3.63) is 35.1 Å². The Kier molecular flexibility index (Phi) is 4.63. The average molecular weight is 283 g/mol. The first-order valence-electron chi connectivity index (χ1n) is 5.76. The molecular formula is C12H15ClN4S. The fourth-order valence-corrected chi connectivity index (χ4v) is 2.60. The molecule has 0 aliphatic rings. The quantitative estimate of drug-likeness (QED) is 0.885. The van der Waals surface area contributed by atoms with Gasteiger partial charge in [-0.25, -0.2) is 4.98 Å². The summed E-state index contributed by atoms with van der Waals surface area (Å²) in [6.45, 7) is 2.08. The lowest BCUT2D eigenvalue weighted by molar-refractivity contribution is 0.646. The highest BCUT2D eigenvalue weighted by Gasteiger charge is 2.08. The van der Waals surface area contributed by atoms with Crippen LogP contribution in [0.1, 0.15) is 18.9 Å². The van der Waals surface area contributed by atoms with E-state index in [-0.39, 0.29) is 6.04 Å². The smallest absolute Gasteiger partial charge is 0.188 e. The summed E-state index contributed by atoms with van der Waals surface area (Å²) >= 11 is 7.75. The van der Waals surface area contributed by atoms with Gasteiger partial charge in [-0.1, -0.05) is 36.4 Å². The van der Waals surface area contributed by atoms with Gasteiger partial charge in [0.1, 0.15) is 6.33 Å². The van der Waals surface area contributed by atoms with Crippen molar-refractivity contribution in [2.45, 2.75) is 35.9 Å². The zero-order valence-electron chi connectivity index (χ0n) is 10.1.